The molecule has 3 heterocycles. The van der Waals surface area contributed by atoms with Gasteiger partial charge in [-0.25, -0.2) is 4.79 Å². The molecule has 0 bridgehead atoms. The summed E-state index contributed by atoms with van der Waals surface area (Å²) >= 11 is 0. The lowest BCUT2D eigenvalue weighted by Gasteiger charge is -2.35. The molecule has 0 aliphatic carbocycles. The number of carbonyl (C=O) groups excluding carboxylic acids is 2. The van der Waals surface area contributed by atoms with E-state index in [0.717, 1.165) is 31.7 Å². The van der Waals surface area contributed by atoms with Crippen molar-refractivity contribution in [1.29, 1.82) is 0 Å². The van der Waals surface area contributed by atoms with Crippen LogP contribution in [0.3, 0.4) is 0 Å². The van der Waals surface area contributed by atoms with E-state index in [1.54, 1.807) is 12.1 Å². The van der Waals surface area contributed by atoms with Crippen LogP contribution < -0.4 is 0 Å². The minimum Gasteiger partial charge on any atom is -0.463 e. The first-order valence-corrected chi connectivity index (χ1v) is 8.43. The summed E-state index contributed by atoms with van der Waals surface area (Å²) in [7, 11) is 1.33. The van der Waals surface area contributed by atoms with E-state index < -0.39 is 5.97 Å². The lowest BCUT2D eigenvalue weighted by molar-refractivity contribution is -0.141. The van der Waals surface area contributed by atoms with Crippen molar-refractivity contribution in [3.8, 4) is 0 Å². The lowest BCUT2D eigenvalue weighted by Crippen LogP contribution is -2.46. The Balaban J connectivity index is 1.47. The number of ether oxygens (including phenoxy) is 2. The number of piperidine rings is 1. The van der Waals surface area contributed by atoms with Crippen molar-refractivity contribution in [3.05, 3.63) is 23.7 Å². The number of furan rings is 1. The Morgan fingerprint density at radius 3 is 2.54 bits per heavy atom. The van der Waals surface area contributed by atoms with Crippen molar-refractivity contribution in [1.82, 2.24) is 9.80 Å². The fourth-order valence-corrected chi connectivity index (χ4v) is 3.27. The molecule has 1 aromatic rings. The van der Waals surface area contributed by atoms with Crippen LogP contribution in [0.5, 0.6) is 0 Å². The third-order valence-corrected chi connectivity index (χ3v) is 4.69. The summed E-state index contributed by atoms with van der Waals surface area (Å²) in [6, 6.07) is 3.44. The Morgan fingerprint density at radius 1 is 1.17 bits per heavy atom. The van der Waals surface area contributed by atoms with Gasteiger partial charge >= 0.3 is 5.97 Å². The summed E-state index contributed by atoms with van der Waals surface area (Å²) in [6.07, 6.45) is 1.72. The first-order chi connectivity index (χ1) is 11.7. The second kappa shape index (κ2) is 7.81. The second-order valence-electron chi connectivity index (χ2n) is 6.25. The standard InChI is InChI=1S/C17H24N2O5/c1-22-17(21)15-3-2-14(24-15)12-18-6-4-13(5-7-18)16(20)19-8-10-23-11-9-19/h2-3,13H,4-12H2,1H3. The normalized spacial score (nSPS) is 20.1. The molecule has 1 amide bonds. The Kier molecular flexibility index (Phi) is 5.52. The van der Waals surface area contributed by atoms with Crippen molar-refractivity contribution in [2.45, 2.75) is 19.4 Å². The minimum atomic E-state index is -0.462. The van der Waals surface area contributed by atoms with E-state index in [4.69, 9.17) is 9.15 Å². The first-order valence-electron chi connectivity index (χ1n) is 8.43. The Bertz CT molecular complexity index is 571. The summed E-state index contributed by atoms with van der Waals surface area (Å²) in [5.41, 5.74) is 0. The number of likely N-dealkylation sites (tertiary alicyclic amines) is 1. The molecule has 2 fully saturated rings. The van der Waals surface area contributed by atoms with E-state index in [1.807, 2.05) is 4.90 Å². The number of hydrogen-bond donors (Lipinski definition) is 0. The second-order valence-corrected chi connectivity index (χ2v) is 6.25. The van der Waals surface area contributed by atoms with E-state index in [9.17, 15) is 9.59 Å². The average molecular weight is 336 g/mol. The predicted molar refractivity (Wildman–Crippen MR) is 85.4 cm³/mol. The number of methoxy groups -OCH3 is 1. The predicted octanol–water partition coefficient (Wildman–Crippen LogP) is 1.14. The minimum absolute atomic E-state index is 0.113. The van der Waals surface area contributed by atoms with E-state index in [1.165, 1.54) is 7.11 Å². The van der Waals surface area contributed by atoms with Crippen molar-refractivity contribution < 1.29 is 23.5 Å². The van der Waals surface area contributed by atoms with Gasteiger partial charge in [0.1, 0.15) is 5.76 Å². The van der Waals surface area contributed by atoms with Crippen LogP contribution in [0.2, 0.25) is 0 Å². The number of carbonyl (C=O) groups is 2. The number of esters is 1. The molecule has 0 atom stereocenters. The molecule has 7 heteroatoms. The summed E-state index contributed by atoms with van der Waals surface area (Å²) in [6.45, 7) is 5.07. The highest BCUT2D eigenvalue weighted by Crippen LogP contribution is 2.22. The maximum absolute atomic E-state index is 12.5. The van der Waals surface area contributed by atoms with Gasteiger partial charge in [0.2, 0.25) is 11.7 Å². The highest BCUT2D eigenvalue weighted by Gasteiger charge is 2.29. The van der Waals surface area contributed by atoms with Crippen LogP contribution >= 0.6 is 0 Å². The molecule has 0 spiro atoms. The van der Waals surface area contributed by atoms with Gasteiger partial charge in [0.15, 0.2) is 0 Å². The highest BCUT2D eigenvalue weighted by atomic mass is 16.5. The van der Waals surface area contributed by atoms with Crippen LogP contribution in [-0.4, -0.2) is 68.2 Å². The van der Waals surface area contributed by atoms with Gasteiger partial charge in [-0.1, -0.05) is 0 Å². The third-order valence-electron chi connectivity index (χ3n) is 4.69. The van der Waals surface area contributed by atoms with Gasteiger partial charge < -0.3 is 18.8 Å². The van der Waals surface area contributed by atoms with Crippen LogP contribution in [0.25, 0.3) is 0 Å². The van der Waals surface area contributed by atoms with Crippen molar-refractivity contribution in [2.24, 2.45) is 5.92 Å². The summed E-state index contributed by atoms with van der Waals surface area (Å²) in [4.78, 5) is 28.1. The fourth-order valence-electron chi connectivity index (χ4n) is 3.27. The molecular weight excluding hydrogens is 312 g/mol. The molecule has 2 aliphatic rings. The monoisotopic (exact) mass is 336 g/mol. The molecule has 7 nitrogen and oxygen atoms in total. The SMILES string of the molecule is COC(=O)c1ccc(CN2CCC(C(=O)N3CCOCC3)CC2)o1. The van der Waals surface area contributed by atoms with E-state index in [-0.39, 0.29) is 17.6 Å². The molecule has 0 radical (unpaired) electrons. The van der Waals surface area contributed by atoms with Crippen LogP contribution in [0.1, 0.15) is 29.2 Å². The number of morpholine rings is 1. The van der Waals surface area contributed by atoms with E-state index in [0.29, 0.717) is 32.8 Å². The number of nitrogens with zero attached hydrogens (tertiary/aromatic N) is 2. The summed E-state index contributed by atoms with van der Waals surface area (Å²) in [5, 5.41) is 0. The summed E-state index contributed by atoms with van der Waals surface area (Å²) < 4.78 is 15.4. The molecule has 0 N–H and O–H groups in total. The van der Waals surface area contributed by atoms with Gasteiger partial charge in [-0.2, -0.15) is 0 Å². The van der Waals surface area contributed by atoms with Crippen LogP contribution in [0, 0.1) is 5.92 Å². The van der Waals surface area contributed by atoms with Gasteiger partial charge in [-0.05, 0) is 38.1 Å². The van der Waals surface area contributed by atoms with Crippen LogP contribution in [-0.2, 0) is 20.8 Å². The zero-order valence-electron chi connectivity index (χ0n) is 14.0. The fraction of sp³-hybridized carbons (Fsp3) is 0.647. The Hall–Kier alpha value is -1.86. The van der Waals surface area contributed by atoms with Crippen molar-refractivity contribution in [2.75, 3.05) is 46.5 Å². The Labute approximate surface area is 141 Å². The van der Waals surface area contributed by atoms with Gasteiger partial charge in [-0.3, -0.25) is 9.69 Å². The molecule has 132 valence electrons. The first kappa shape index (κ1) is 17.0. The largest absolute Gasteiger partial charge is 0.463 e. The Morgan fingerprint density at radius 2 is 1.88 bits per heavy atom. The lowest BCUT2D eigenvalue weighted by atomic mass is 9.95. The molecular formula is C17H24N2O5. The molecule has 2 aliphatic heterocycles. The maximum Gasteiger partial charge on any atom is 0.373 e. The average Bonchev–Trinajstić information content (AvgIpc) is 3.10. The van der Waals surface area contributed by atoms with Gasteiger partial charge in [-0.15, -0.1) is 0 Å². The van der Waals surface area contributed by atoms with Gasteiger partial charge in [0.25, 0.3) is 0 Å². The molecule has 0 saturated carbocycles. The zero-order chi connectivity index (χ0) is 16.9. The smallest absolute Gasteiger partial charge is 0.373 e. The molecule has 24 heavy (non-hydrogen) atoms. The molecule has 1 aromatic heterocycles. The van der Waals surface area contributed by atoms with Crippen LogP contribution in [0.4, 0.5) is 0 Å². The van der Waals surface area contributed by atoms with Crippen LogP contribution in [0.15, 0.2) is 16.5 Å². The number of rotatable bonds is 4. The van der Waals surface area contributed by atoms with Gasteiger partial charge in [0, 0.05) is 19.0 Å². The number of hydrogen-bond acceptors (Lipinski definition) is 6. The summed E-state index contributed by atoms with van der Waals surface area (Å²) in [5.74, 6) is 0.889. The van der Waals surface area contributed by atoms with E-state index >= 15 is 0 Å². The maximum atomic E-state index is 12.5. The molecule has 2 saturated heterocycles. The van der Waals surface area contributed by atoms with Crippen molar-refractivity contribution >= 4 is 11.9 Å². The molecule has 0 unspecified atom stereocenters. The molecule has 0 aromatic carbocycles. The van der Waals surface area contributed by atoms with Gasteiger partial charge in [0.05, 0.1) is 26.9 Å². The van der Waals surface area contributed by atoms with E-state index in [2.05, 4.69) is 9.64 Å². The quantitative estimate of drug-likeness (QED) is 0.768. The highest BCUT2D eigenvalue weighted by molar-refractivity contribution is 5.86. The zero-order valence-corrected chi connectivity index (χ0v) is 14.0. The van der Waals surface area contributed by atoms with Crippen molar-refractivity contribution in [3.63, 3.8) is 0 Å². The molecule has 3 rings (SSSR count). The number of amides is 1. The third kappa shape index (κ3) is 3.96. The topological polar surface area (TPSA) is 72.2 Å².